The minimum absolute atomic E-state index is 0.0568. The van der Waals surface area contributed by atoms with Crippen molar-refractivity contribution in [3.05, 3.63) is 52.0 Å². The fourth-order valence-corrected chi connectivity index (χ4v) is 3.49. The second kappa shape index (κ2) is 8.06. The third kappa shape index (κ3) is 3.84. The van der Waals surface area contributed by atoms with Gasteiger partial charge in [0.2, 0.25) is 0 Å². The molecule has 1 saturated heterocycles. The number of benzene rings is 2. The predicted octanol–water partition coefficient (Wildman–Crippen LogP) is 5.38. The van der Waals surface area contributed by atoms with Crippen molar-refractivity contribution in [3.8, 4) is 11.5 Å². The Hall–Kier alpha value is -2.11. The normalized spacial score (nSPS) is 16.5. The molecular formula is C19H20Cl2N2O3. The van der Waals surface area contributed by atoms with Gasteiger partial charge in [-0.25, -0.2) is 4.79 Å². The molecular weight excluding hydrogens is 375 g/mol. The lowest BCUT2D eigenvalue weighted by molar-refractivity contribution is 0.206. The van der Waals surface area contributed by atoms with Crippen LogP contribution in [0.5, 0.6) is 11.5 Å². The van der Waals surface area contributed by atoms with Crippen LogP contribution in [0.3, 0.4) is 0 Å². The summed E-state index contributed by atoms with van der Waals surface area (Å²) in [6.45, 7) is 0.674. The molecule has 1 atom stereocenters. The summed E-state index contributed by atoms with van der Waals surface area (Å²) in [6.07, 6.45) is 1.80. The highest BCUT2D eigenvalue weighted by atomic mass is 35.5. The van der Waals surface area contributed by atoms with E-state index in [1.54, 1.807) is 32.4 Å². The highest BCUT2D eigenvalue weighted by Gasteiger charge is 2.32. The lowest BCUT2D eigenvalue weighted by atomic mass is 10.0. The van der Waals surface area contributed by atoms with Crippen molar-refractivity contribution in [2.24, 2.45) is 0 Å². The first-order valence-electron chi connectivity index (χ1n) is 8.28. The number of ether oxygens (including phenoxy) is 2. The molecule has 1 heterocycles. The monoisotopic (exact) mass is 394 g/mol. The third-order valence-corrected chi connectivity index (χ3v) is 5.22. The first kappa shape index (κ1) is 18.7. The van der Waals surface area contributed by atoms with Gasteiger partial charge in [0.15, 0.2) is 0 Å². The number of hydrogen-bond donors (Lipinski definition) is 1. The Morgan fingerprint density at radius 3 is 2.62 bits per heavy atom. The molecule has 2 aromatic carbocycles. The maximum absolute atomic E-state index is 12.8. The molecule has 138 valence electrons. The number of nitrogens with one attached hydrogen (secondary N) is 1. The molecule has 3 rings (SSSR count). The molecule has 26 heavy (non-hydrogen) atoms. The molecule has 0 saturated carbocycles. The Kier molecular flexibility index (Phi) is 5.79. The van der Waals surface area contributed by atoms with E-state index in [1.165, 1.54) is 0 Å². The van der Waals surface area contributed by atoms with Crippen molar-refractivity contribution >= 4 is 34.9 Å². The number of nitrogens with zero attached hydrogens (tertiary/aromatic N) is 1. The molecule has 0 spiro atoms. The summed E-state index contributed by atoms with van der Waals surface area (Å²) in [5.41, 5.74) is 1.58. The van der Waals surface area contributed by atoms with Crippen LogP contribution in [0.4, 0.5) is 10.5 Å². The zero-order valence-electron chi connectivity index (χ0n) is 14.6. The van der Waals surface area contributed by atoms with Crippen molar-refractivity contribution in [1.29, 1.82) is 0 Å². The van der Waals surface area contributed by atoms with Crippen molar-refractivity contribution in [1.82, 2.24) is 4.90 Å². The molecule has 0 aliphatic carbocycles. The molecule has 5 nitrogen and oxygen atoms in total. The smallest absolute Gasteiger partial charge is 0.322 e. The molecule has 0 bridgehead atoms. The molecule has 2 aromatic rings. The van der Waals surface area contributed by atoms with Gasteiger partial charge in [-0.3, -0.25) is 0 Å². The van der Waals surface area contributed by atoms with E-state index in [0.717, 1.165) is 24.2 Å². The van der Waals surface area contributed by atoms with Crippen LogP contribution in [0.2, 0.25) is 10.0 Å². The Labute approximate surface area is 162 Å². The van der Waals surface area contributed by atoms with E-state index < -0.39 is 0 Å². The van der Waals surface area contributed by atoms with Gasteiger partial charge in [0, 0.05) is 23.9 Å². The largest absolute Gasteiger partial charge is 0.497 e. The molecule has 1 aliphatic rings. The van der Waals surface area contributed by atoms with Crippen LogP contribution in [0.25, 0.3) is 0 Å². The van der Waals surface area contributed by atoms with Gasteiger partial charge < -0.3 is 19.7 Å². The van der Waals surface area contributed by atoms with Crippen molar-refractivity contribution in [3.63, 3.8) is 0 Å². The fourth-order valence-electron chi connectivity index (χ4n) is 3.20. The number of methoxy groups -OCH3 is 2. The van der Waals surface area contributed by atoms with Gasteiger partial charge in [-0.1, -0.05) is 23.2 Å². The molecule has 0 radical (unpaired) electrons. The molecule has 1 fully saturated rings. The number of amides is 2. The van der Waals surface area contributed by atoms with Gasteiger partial charge in [-0.2, -0.15) is 0 Å². The Morgan fingerprint density at radius 2 is 1.92 bits per heavy atom. The predicted molar refractivity (Wildman–Crippen MR) is 104 cm³/mol. The zero-order chi connectivity index (χ0) is 18.7. The lowest BCUT2D eigenvalue weighted by Gasteiger charge is -2.27. The SMILES string of the molecule is COc1ccc(C2CCCN2C(=O)Nc2ccc(Cl)c(Cl)c2)c(OC)c1. The second-order valence-corrected chi connectivity index (χ2v) is 6.83. The summed E-state index contributed by atoms with van der Waals surface area (Å²) in [4.78, 5) is 14.6. The Morgan fingerprint density at radius 1 is 1.12 bits per heavy atom. The number of likely N-dealkylation sites (tertiary alicyclic amines) is 1. The molecule has 0 aromatic heterocycles. The summed E-state index contributed by atoms with van der Waals surface area (Å²) in [6, 6.07) is 10.5. The zero-order valence-corrected chi connectivity index (χ0v) is 16.1. The first-order valence-corrected chi connectivity index (χ1v) is 9.03. The van der Waals surface area contributed by atoms with Crippen LogP contribution in [-0.4, -0.2) is 31.7 Å². The maximum Gasteiger partial charge on any atom is 0.322 e. The molecule has 1 aliphatic heterocycles. The topological polar surface area (TPSA) is 50.8 Å². The van der Waals surface area contributed by atoms with Crippen molar-refractivity contribution < 1.29 is 14.3 Å². The number of hydrogen-bond acceptors (Lipinski definition) is 3. The minimum Gasteiger partial charge on any atom is -0.497 e. The van der Waals surface area contributed by atoms with E-state index in [1.807, 2.05) is 23.1 Å². The Balaban J connectivity index is 1.81. The number of urea groups is 1. The summed E-state index contributed by atoms with van der Waals surface area (Å²) in [7, 11) is 3.23. The third-order valence-electron chi connectivity index (χ3n) is 4.48. The van der Waals surface area contributed by atoms with Crippen molar-refractivity contribution in [2.45, 2.75) is 18.9 Å². The van der Waals surface area contributed by atoms with Crippen LogP contribution in [-0.2, 0) is 0 Å². The Bertz CT molecular complexity index is 813. The minimum atomic E-state index is -0.177. The van der Waals surface area contributed by atoms with Crippen molar-refractivity contribution in [2.75, 3.05) is 26.1 Å². The van der Waals surface area contributed by atoms with Crippen LogP contribution in [0, 0.1) is 0 Å². The highest BCUT2D eigenvalue weighted by Crippen LogP contribution is 2.39. The van der Waals surface area contributed by atoms with E-state index in [0.29, 0.717) is 28.0 Å². The molecule has 2 amide bonds. The highest BCUT2D eigenvalue weighted by molar-refractivity contribution is 6.42. The van der Waals surface area contributed by atoms with E-state index >= 15 is 0 Å². The molecule has 1 N–H and O–H groups in total. The number of anilines is 1. The summed E-state index contributed by atoms with van der Waals surface area (Å²) < 4.78 is 10.8. The number of rotatable bonds is 4. The molecule has 7 heteroatoms. The van der Waals surface area contributed by atoms with Gasteiger partial charge >= 0.3 is 6.03 Å². The quantitative estimate of drug-likeness (QED) is 0.756. The summed E-state index contributed by atoms with van der Waals surface area (Å²) >= 11 is 12.0. The van der Waals surface area contributed by atoms with Gasteiger partial charge in [0.05, 0.1) is 30.3 Å². The van der Waals surface area contributed by atoms with Crippen LogP contribution >= 0.6 is 23.2 Å². The van der Waals surface area contributed by atoms with E-state index in [4.69, 9.17) is 32.7 Å². The van der Waals surface area contributed by atoms with Gasteiger partial charge in [-0.15, -0.1) is 0 Å². The van der Waals surface area contributed by atoms with Gasteiger partial charge in [-0.05, 0) is 43.2 Å². The van der Waals surface area contributed by atoms with E-state index in [9.17, 15) is 4.79 Å². The van der Waals surface area contributed by atoms with Crippen LogP contribution in [0.15, 0.2) is 36.4 Å². The number of carbonyl (C=O) groups excluding carboxylic acids is 1. The maximum atomic E-state index is 12.8. The number of carbonyl (C=O) groups is 1. The van der Waals surface area contributed by atoms with Crippen LogP contribution < -0.4 is 14.8 Å². The second-order valence-electron chi connectivity index (χ2n) is 6.02. The average Bonchev–Trinajstić information content (AvgIpc) is 3.13. The average molecular weight is 395 g/mol. The van der Waals surface area contributed by atoms with E-state index in [2.05, 4.69) is 5.32 Å². The fraction of sp³-hybridized carbons (Fsp3) is 0.316. The lowest BCUT2D eigenvalue weighted by Crippen LogP contribution is -2.34. The number of halogens is 2. The van der Waals surface area contributed by atoms with Crippen LogP contribution in [0.1, 0.15) is 24.4 Å². The summed E-state index contributed by atoms with van der Waals surface area (Å²) in [5.74, 6) is 1.43. The summed E-state index contributed by atoms with van der Waals surface area (Å²) in [5, 5.41) is 3.74. The standard InChI is InChI=1S/C19H20Cl2N2O3/c1-25-13-6-7-14(18(11-13)26-2)17-4-3-9-23(17)19(24)22-12-5-8-15(20)16(21)10-12/h5-8,10-11,17H,3-4,9H2,1-2H3,(H,22,24). The van der Waals surface area contributed by atoms with Gasteiger partial charge in [0.1, 0.15) is 11.5 Å². The molecule has 1 unspecified atom stereocenters. The first-order chi connectivity index (χ1) is 12.5. The van der Waals surface area contributed by atoms with E-state index in [-0.39, 0.29) is 12.1 Å². The van der Waals surface area contributed by atoms with Gasteiger partial charge in [0.25, 0.3) is 0 Å².